The summed E-state index contributed by atoms with van der Waals surface area (Å²) < 4.78 is 60.5. The predicted octanol–water partition coefficient (Wildman–Crippen LogP) is 3.59. The van der Waals surface area contributed by atoms with Gasteiger partial charge in [0.15, 0.2) is 11.6 Å². The highest BCUT2D eigenvalue weighted by atomic mass is 127. The van der Waals surface area contributed by atoms with E-state index in [1.54, 1.807) is 0 Å². The fraction of sp³-hybridized carbons (Fsp3) is 0.143. The molecule has 13 heavy (non-hydrogen) atoms. The minimum absolute atomic E-state index is 0.459. The van der Waals surface area contributed by atoms with Crippen molar-refractivity contribution < 1.29 is 22.0 Å². The second-order valence-electron chi connectivity index (χ2n) is 2.22. The molecule has 0 aliphatic carbocycles. The first-order chi connectivity index (χ1) is 5.84. The first-order valence-electron chi connectivity index (χ1n) is 3.04. The Balaban J connectivity index is 3.35. The summed E-state index contributed by atoms with van der Waals surface area (Å²) in [5, 5.41) is 0. The Morgan fingerprint density at radius 2 is 1.62 bits per heavy atom. The molecule has 0 unspecified atom stereocenters. The van der Waals surface area contributed by atoms with Gasteiger partial charge < -0.3 is 0 Å². The summed E-state index contributed by atoms with van der Waals surface area (Å²) in [5.41, 5.74) is -1.16. The van der Waals surface area contributed by atoms with E-state index in [1.165, 1.54) is 0 Å². The van der Waals surface area contributed by atoms with Gasteiger partial charge in [0.2, 0.25) is 0 Å². The monoisotopic (exact) mass is 308 g/mol. The molecule has 0 N–H and O–H groups in total. The molecule has 0 radical (unpaired) electrons. The normalized spacial score (nSPS) is 11.8. The molecule has 0 atom stereocenters. The van der Waals surface area contributed by atoms with Crippen molar-refractivity contribution in [3.63, 3.8) is 0 Å². The van der Waals surface area contributed by atoms with Gasteiger partial charge in [0.25, 0.3) is 0 Å². The quantitative estimate of drug-likeness (QED) is 0.390. The van der Waals surface area contributed by atoms with Crippen molar-refractivity contribution in [3.05, 3.63) is 32.9 Å². The van der Waals surface area contributed by atoms with E-state index in [2.05, 4.69) is 0 Å². The Hall–Kier alpha value is -0.400. The predicted molar refractivity (Wildman–Crippen MR) is 44.1 cm³/mol. The smallest absolute Gasteiger partial charge is 0.204 e. The zero-order valence-electron chi connectivity index (χ0n) is 5.92. The summed E-state index contributed by atoms with van der Waals surface area (Å²) in [6.07, 6.45) is -4.65. The second-order valence-corrected chi connectivity index (χ2v) is 3.30. The van der Waals surface area contributed by atoms with Crippen LogP contribution in [-0.2, 0) is 6.18 Å². The number of hydrogen-bond acceptors (Lipinski definition) is 0. The maximum Gasteiger partial charge on any atom is 0.417 e. The largest absolute Gasteiger partial charge is 0.417 e. The van der Waals surface area contributed by atoms with Crippen LogP contribution >= 0.6 is 22.6 Å². The summed E-state index contributed by atoms with van der Waals surface area (Å²) in [5.74, 6) is -2.74. The van der Waals surface area contributed by atoms with Crippen molar-refractivity contribution in [1.82, 2.24) is 0 Å². The Morgan fingerprint density at radius 3 is 2.08 bits per heavy atom. The topological polar surface area (TPSA) is 0 Å². The number of hydrogen-bond donors (Lipinski definition) is 0. The van der Waals surface area contributed by atoms with Crippen molar-refractivity contribution in [2.45, 2.75) is 6.18 Å². The van der Waals surface area contributed by atoms with Crippen LogP contribution < -0.4 is 0 Å². The van der Waals surface area contributed by atoms with Crippen molar-refractivity contribution >= 4 is 22.6 Å². The second kappa shape index (κ2) is 3.39. The highest BCUT2D eigenvalue weighted by Crippen LogP contribution is 2.34. The van der Waals surface area contributed by atoms with E-state index < -0.39 is 26.9 Å². The molecule has 0 aliphatic rings. The molecule has 0 amide bonds. The van der Waals surface area contributed by atoms with Gasteiger partial charge in [-0.1, -0.05) is 0 Å². The van der Waals surface area contributed by atoms with E-state index in [0.29, 0.717) is 12.1 Å². The Labute approximate surface area is 83.9 Å². The summed E-state index contributed by atoms with van der Waals surface area (Å²) in [6, 6.07) is 0.973. The third kappa shape index (κ3) is 2.09. The van der Waals surface area contributed by atoms with E-state index in [4.69, 9.17) is 0 Å². The van der Waals surface area contributed by atoms with Gasteiger partial charge >= 0.3 is 6.18 Å². The molecular formula is C7H2F5I. The van der Waals surface area contributed by atoms with Gasteiger partial charge in [-0.2, -0.15) is 13.2 Å². The fourth-order valence-corrected chi connectivity index (χ4v) is 1.49. The van der Waals surface area contributed by atoms with E-state index in [9.17, 15) is 22.0 Å². The maximum atomic E-state index is 12.6. The number of benzene rings is 1. The molecule has 0 spiro atoms. The van der Waals surface area contributed by atoms with Crippen LogP contribution in [0.2, 0.25) is 0 Å². The molecule has 0 saturated heterocycles. The third-order valence-electron chi connectivity index (χ3n) is 1.34. The van der Waals surface area contributed by atoms with E-state index in [1.807, 2.05) is 0 Å². The van der Waals surface area contributed by atoms with E-state index in [-0.39, 0.29) is 0 Å². The van der Waals surface area contributed by atoms with Gasteiger partial charge in [-0.3, -0.25) is 0 Å². The van der Waals surface area contributed by atoms with Crippen LogP contribution in [0.4, 0.5) is 22.0 Å². The molecule has 1 aromatic rings. The number of rotatable bonds is 0. The third-order valence-corrected chi connectivity index (χ3v) is 2.40. The molecule has 0 aromatic heterocycles. The van der Waals surface area contributed by atoms with E-state index >= 15 is 0 Å². The summed E-state index contributed by atoms with van der Waals surface area (Å²) in [7, 11) is 0. The van der Waals surface area contributed by atoms with Gasteiger partial charge in [0.1, 0.15) is 0 Å². The number of alkyl halides is 3. The molecule has 1 aromatic carbocycles. The zero-order valence-corrected chi connectivity index (χ0v) is 8.08. The lowest BCUT2D eigenvalue weighted by atomic mass is 10.2. The first kappa shape index (κ1) is 10.7. The highest BCUT2D eigenvalue weighted by molar-refractivity contribution is 14.1. The molecule has 0 nitrogen and oxygen atoms in total. The maximum absolute atomic E-state index is 12.6. The van der Waals surface area contributed by atoms with Crippen LogP contribution in [0.5, 0.6) is 0 Å². The standard InChI is InChI=1S/C7H2F5I/c8-4-2-1-3(7(10,11)12)6(13)5(4)9/h1-2H. The molecule has 6 heteroatoms. The van der Waals surface area contributed by atoms with Crippen molar-refractivity contribution in [3.8, 4) is 0 Å². The molecule has 0 saturated carbocycles. The first-order valence-corrected chi connectivity index (χ1v) is 4.12. The minimum atomic E-state index is -4.65. The molecule has 1 rings (SSSR count). The summed E-state index contributed by atoms with van der Waals surface area (Å²) in [6.45, 7) is 0. The van der Waals surface area contributed by atoms with Crippen molar-refractivity contribution in [2.75, 3.05) is 0 Å². The molecule has 72 valence electrons. The molecular weight excluding hydrogens is 306 g/mol. The Kier molecular flexibility index (Phi) is 2.79. The van der Waals surface area contributed by atoms with Crippen LogP contribution in [0.1, 0.15) is 5.56 Å². The SMILES string of the molecule is Fc1ccc(C(F)(F)F)c(I)c1F. The van der Waals surface area contributed by atoms with Gasteiger partial charge in [-0.25, -0.2) is 8.78 Å². The molecule has 0 heterocycles. The van der Waals surface area contributed by atoms with Gasteiger partial charge in [-0.15, -0.1) is 0 Å². The minimum Gasteiger partial charge on any atom is -0.204 e. The lowest BCUT2D eigenvalue weighted by molar-refractivity contribution is -0.138. The van der Waals surface area contributed by atoms with Crippen LogP contribution in [0.3, 0.4) is 0 Å². The fourth-order valence-electron chi connectivity index (χ4n) is 0.745. The molecule has 0 aliphatic heterocycles. The average molecular weight is 308 g/mol. The van der Waals surface area contributed by atoms with Gasteiger partial charge in [0.05, 0.1) is 9.13 Å². The number of halogens is 6. The highest BCUT2D eigenvalue weighted by Gasteiger charge is 2.34. The van der Waals surface area contributed by atoms with Crippen LogP contribution in [0.25, 0.3) is 0 Å². The van der Waals surface area contributed by atoms with Crippen LogP contribution in [0.15, 0.2) is 12.1 Å². The lowest BCUT2D eigenvalue weighted by Gasteiger charge is -2.09. The van der Waals surface area contributed by atoms with Crippen molar-refractivity contribution in [1.29, 1.82) is 0 Å². The average Bonchev–Trinajstić information content (AvgIpc) is 1.98. The molecule has 0 bridgehead atoms. The van der Waals surface area contributed by atoms with Crippen molar-refractivity contribution in [2.24, 2.45) is 0 Å². The van der Waals surface area contributed by atoms with Gasteiger partial charge in [-0.05, 0) is 34.7 Å². The molecule has 0 fully saturated rings. The summed E-state index contributed by atoms with van der Waals surface area (Å²) in [4.78, 5) is 0. The van der Waals surface area contributed by atoms with Gasteiger partial charge in [0, 0.05) is 0 Å². The van der Waals surface area contributed by atoms with Crippen LogP contribution in [0, 0.1) is 15.2 Å². The van der Waals surface area contributed by atoms with E-state index in [0.717, 1.165) is 22.6 Å². The zero-order chi connectivity index (χ0) is 10.2. The Bertz CT molecular complexity index is 330. The summed E-state index contributed by atoms with van der Waals surface area (Å²) >= 11 is 1.12. The Morgan fingerprint density at radius 1 is 1.08 bits per heavy atom. The van der Waals surface area contributed by atoms with Crippen LogP contribution in [-0.4, -0.2) is 0 Å². The lowest BCUT2D eigenvalue weighted by Crippen LogP contribution is -2.09.